The van der Waals surface area contributed by atoms with Crippen molar-refractivity contribution in [1.29, 1.82) is 0 Å². The molecule has 0 amide bonds. The first-order chi connectivity index (χ1) is 8.10. The number of carbonyl (C=O) groups is 1. The lowest BCUT2D eigenvalue weighted by atomic mass is 10.0. The van der Waals surface area contributed by atoms with Crippen LogP contribution in [-0.2, 0) is 21.8 Å². The Bertz CT molecular complexity index is 399. The molecule has 0 N–H and O–H groups in total. The van der Waals surface area contributed by atoms with Crippen molar-refractivity contribution in [3.8, 4) is 0 Å². The summed E-state index contributed by atoms with van der Waals surface area (Å²) in [4.78, 5) is 15.0. The Morgan fingerprint density at radius 2 is 2.24 bits per heavy atom. The monoisotopic (exact) mass is 263 g/mol. The first-order valence-corrected chi connectivity index (χ1v) is 5.59. The average Bonchev–Trinajstić information content (AvgIpc) is 2.28. The lowest BCUT2D eigenvalue weighted by Crippen LogP contribution is -2.10. The van der Waals surface area contributed by atoms with Gasteiger partial charge in [0.15, 0.2) is 0 Å². The second-order valence-electron chi connectivity index (χ2n) is 3.28. The molecule has 0 unspecified atom stereocenters. The average molecular weight is 264 g/mol. The van der Waals surface area contributed by atoms with E-state index in [4.69, 9.17) is 16.3 Å². The lowest BCUT2D eigenvalue weighted by Gasteiger charge is -2.11. The summed E-state index contributed by atoms with van der Waals surface area (Å²) in [5.41, 5.74) is 0.405. The number of esters is 1. The highest BCUT2D eigenvalue weighted by Gasteiger charge is 2.17. The molecule has 1 aromatic heterocycles. The molecule has 0 aliphatic carbocycles. The van der Waals surface area contributed by atoms with E-state index in [9.17, 15) is 13.6 Å². The van der Waals surface area contributed by atoms with Gasteiger partial charge in [0, 0.05) is 23.8 Å². The van der Waals surface area contributed by atoms with E-state index in [1.807, 2.05) is 0 Å². The molecule has 6 heteroatoms. The predicted molar refractivity (Wildman–Crippen MR) is 59.1 cm³/mol. The van der Waals surface area contributed by atoms with Crippen LogP contribution >= 0.6 is 11.6 Å². The second kappa shape index (κ2) is 6.49. The van der Waals surface area contributed by atoms with E-state index >= 15 is 0 Å². The van der Waals surface area contributed by atoms with Gasteiger partial charge in [0.2, 0.25) is 0 Å². The van der Waals surface area contributed by atoms with Gasteiger partial charge in [0.1, 0.15) is 0 Å². The molecule has 1 rings (SSSR count). The van der Waals surface area contributed by atoms with Crippen LogP contribution in [0.15, 0.2) is 12.4 Å². The molecule has 0 aliphatic rings. The number of aromatic nitrogens is 1. The molecule has 94 valence electrons. The first kappa shape index (κ1) is 13.8. The summed E-state index contributed by atoms with van der Waals surface area (Å²) >= 11 is 5.63. The second-order valence-corrected chi connectivity index (χ2v) is 3.55. The minimum Gasteiger partial charge on any atom is -0.466 e. The van der Waals surface area contributed by atoms with Crippen molar-refractivity contribution < 1.29 is 18.3 Å². The molecule has 3 nitrogen and oxygen atoms in total. The smallest absolute Gasteiger partial charge is 0.310 e. The zero-order valence-electron chi connectivity index (χ0n) is 9.25. The SMILES string of the molecule is CCOC(=O)Cc1cncc(C(F)F)c1CCl. The molecule has 1 heterocycles. The maximum absolute atomic E-state index is 12.7. The largest absolute Gasteiger partial charge is 0.466 e. The van der Waals surface area contributed by atoms with E-state index in [1.165, 1.54) is 6.20 Å². The fourth-order valence-corrected chi connectivity index (χ4v) is 1.75. The summed E-state index contributed by atoms with van der Waals surface area (Å²) in [5, 5.41) is 0. The maximum atomic E-state index is 12.7. The van der Waals surface area contributed by atoms with Crippen LogP contribution in [0.25, 0.3) is 0 Å². The van der Waals surface area contributed by atoms with Crippen molar-refractivity contribution >= 4 is 17.6 Å². The summed E-state index contributed by atoms with van der Waals surface area (Å²) in [6.07, 6.45) is -0.320. The molecule has 0 fully saturated rings. The predicted octanol–water partition coefficient (Wildman–Crippen LogP) is 2.86. The molecule has 0 saturated carbocycles. The number of rotatable bonds is 5. The Balaban J connectivity index is 2.99. The van der Waals surface area contributed by atoms with Crippen molar-refractivity contribution in [1.82, 2.24) is 4.98 Å². The van der Waals surface area contributed by atoms with Crippen LogP contribution in [0.4, 0.5) is 8.78 Å². The summed E-state index contributed by atoms with van der Waals surface area (Å²) in [5.74, 6) is -0.566. The van der Waals surface area contributed by atoms with Crippen molar-refractivity contribution in [2.45, 2.75) is 25.7 Å². The van der Waals surface area contributed by atoms with Gasteiger partial charge in [-0.25, -0.2) is 8.78 Å². The number of hydrogen-bond acceptors (Lipinski definition) is 3. The number of alkyl halides is 3. The molecule has 0 bridgehead atoms. The van der Waals surface area contributed by atoms with Crippen LogP contribution in [0.2, 0.25) is 0 Å². The van der Waals surface area contributed by atoms with E-state index < -0.39 is 12.4 Å². The van der Waals surface area contributed by atoms with Crippen molar-refractivity contribution in [3.05, 3.63) is 29.1 Å². The Labute approximate surface area is 103 Å². The molecule has 0 atom stereocenters. The number of halogens is 3. The molecule has 0 aliphatic heterocycles. The quantitative estimate of drug-likeness (QED) is 0.606. The van der Waals surface area contributed by atoms with Gasteiger partial charge in [-0.1, -0.05) is 0 Å². The third kappa shape index (κ3) is 3.63. The molecule has 0 saturated heterocycles. The maximum Gasteiger partial charge on any atom is 0.310 e. The Hall–Kier alpha value is -1.23. The van der Waals surface area contributed by atoms with Gasteiger partial charge >= 0.3 is 5.97 Å². The number of carbonyl (C=O) groups excluding carboxylic acids is 1. The summed E-state index contributed by atoms with van der Waals surface area (Å²) in [7, 11) is 0. The van der Waals surface area contributed by atoms with E-state index in [-0.39, 0.29) is 30.0 Å². The van der Waals surface area contributed by atoms with E-state index in [0.29, 0.717) is 5.56 Å². The van der Waals surface area contributed by atoms with Crippen LogP contribution < -0.4 is 0 Å². The van der Waals surface area contributed by atoms with Gasteiger partial charge in [0.05, 0.1) is 13.0 Å². The molecule has 0 radical (unpaired) electrons. The lowest BCUT2D eigenvalue weighted by molar-refractivity contribution is -0.142. The molecular formula is C11H12ClF2NO2. The summed E-state index contributed by atoms with van der Waals surface area (Å²) in [6.45, 7) is 1.92. The summed E-state index contributed by atoms with van der Waals surface area (Å²) < 4.78 is 30.1. The van der Waals surface area contributed by atoms with E-state index in [2.05, 4.69) is 4.98 Å². The highest BCUT2D eigenvalue weighted by molar-refractivity contribution is 6.17. The number of nitrogens with zero attached hydrogens (tertiary/aromatic N) is 1. The number of hydrogen-bond donors (Lipinski definition) is 0. The standard InChI is InChI=1S/C11H12ClF2NO2/c1-2-17-10(16)3-7-5-15-6-9(11(13)14)8(7)4-12/h5-6,11H,2-4H2,1H3. The first-order valence-electron chi connectivity index (χ1n) is 5.05. The third-order valence-electron chi connectivity index (χ3n) is 2.19. The molecular weight excluding hydrogens is 252 g/mol. The zero-order valence-corrected chi connectivity index (χ0v) is 10.0. The molecule has 0 spiro atoms. The Morgan fingerprint density at radius 1 is 1.53 bits per heavy atom. The number of pyridine rings is 1. The van der Waals surface area contributed by atoms with Gasteiger partial charge < -0.3 is 4.74 Å². The highest BCUT2D eigenvalue weighted by Crippen LogP contribution is 2.26. The fraction of sp³-hybridized carbons (Fsp3) is 0.455. The fourth-order valence-electron chi connectivity index (χ4n) is 1.42. The molecule has 1 aromatic rings. The van der Waals surface area contributed by atoms with Gasteiger partial charge in [-0.3, -0.25) is 9.78 Å². The normalized spacial score (nSPS) is 10.6. The van der Waals surface area contributed by atoms with Crippen LogP contribution in [0.3, 0.4) is 0 Å². The van der Waals surface area contributed by atoms with Crippen molar-refractivity contribution in [3.63, 3.8) is 0 Å². The van der Waals surface area contributed by atoms with Gasteiger partial charge in [-0.05, 0) is 18.1 Å². The van der Waals surface area contributed by atoms with Crippen LogP contribution in [-0.4, -0.2) is 17.6 Å². The van der Waals surface area contributed by atoms with Crippen LogP contribution in [0.1, 0.15) is 30.0 Å². The minimum absolute atomic E-state index is 0.0864. The minimum atomic E-state index is -2.65. The van der Waals surface area contributed by atoms with Gasteiger partial charge in [0.25, 0.3) is 6.43 Å². The van der Waals surface area contributed by atoms with Crippen molar-refractivity contribution in [2.24, 2.45) is 0 Å². The Morgan fingerprint density at radius 3 is 2.76 bits per heavy atom. The summed E-state index contributed by atoms with van der Waals surface area (Å²) in [6, 6.07) is 0. The van der Waals surface area contributed by atoms with E-state index in [1.54, 1.807) is 6.92 Å². The third-order valence-corrected chi connectivity index (χ3v) is 2.46. The Kier molecular flexibility index (Phi) is 5.28. The zero-order chi connectivity index (χ0) is 12.8. The van der Waals surface area contributed by atoms with Crippen LogP contribution in [0, 0.1) is 0 Å². The molecule has 17 heavy (non-hydrogen) atoms. The van der Waals surface area contributed by atoms with Crippen LogP contribution in [0.5, 0.6) is 0 Å². The van der Waals surface area contributed by atoms with Gasteiger partial charge in [-0.2, -0.15) is 0 Å². The van der Waals surface area contributed by atoms with E-state index in [0.717, 1.165) is 6.20 Å². The highest BCUT2D eigenvalue weighted by atomic mass is 35.5. The molecule has 0 aromatic carbocycles. The number of ether oxygens (including phenoxy) is 1. The van der Waals surface area contributed by atoms with Gasteiger partial charge in [-0.15, -0.1) is 11.6 Å². The topological polar surface area (TPSA) is 39.2 Å². The van der Waals surface area contributed by atoms with Crippen molar-refractivity contribution in [2.75, 3.05) is 6.61 Å².